The summed E-state index contributed by atoms with van der Waals surface area (Å²) >= 11 is 0. The van der Waals surface area contributed by atoms with Gasteiger partial charge in [-0.05, 0) is 116 Å². The third-order valence-electron chi connectivity index (χ3n) is 13.9. The molecule has 1 unspecified atom stereocenters. The molecule has 0 spiro atoms. The van der Waals surface area contributed by atoms with Crippen LogP contribution >= 0.6 is 0 Å². The van der Waals surface area contributed by atoms with Crippen molar-refractivity contribution in [2.24, 2.45) is 0 Å². The number of allylic oxidation sites excluding steroid dienone is 20. The number of ether oxygens (including phenoxy) is 3. The molecule has 0 aliphatic heterocycles. The van der Waals surface area contributed by atoms with E-state index in [1.165, 1.54) is 154 Å². The van der Waals surface area contributed by atoms with Gasteiger partial charge in [-0.2, -0.15) is 0 Å². The van der Waals surface area contributed by atoms with Gasteiger partial charge in [0.25, 0.3) is 0 Å². The fraction of sp³-hybridized carbons (Fsp3) is 0.685. The second-order valence-electron chi connectivity index (χ2n) is 21.6. The first-order valence-electron chi connectivity index (χ1n) is 33.0. The number of esters is 3. The van der Waals surface area contributed by atoms with Crippen molar-refractivity contribution in [3.8, 4) is 0 Å². The summed E-state index contributed by atoms with van der Waals surface area (Å²) in [6.45, 7) is 6.42. The summed E-state index contributed by atoms with van der Waals surface area (Å²) in [4.78, 5) is 38.2. The molecule has 0 amide bonds. The molecule has 450 valence electrons. The number of carbonyl (C=O) groups is 3. The van der Waals surface area contributed by atoms with Crippen LogP contribution in [0.2, 0.25) is 0 Å². The predicted octanol–water partition coefficient (Wildman–Crippen LogP) is 22.8. The fourth-order valence-electron chi connectivity index (χ4n) is 8.99. The molecule has 0 aromatic carbocycles. The first kappa shape index (κ1) is 74.8. The van der Waals surface area contributed by atoms with Gasteiger partial charge in [0.2, 0.25) is 0 Å². The van der Waals surface area contributed by atoms with Crippen LogP contribution < -0.4 is 0 Å². The largest absolute Gasteiger partial charge is 0.462 e. The van der Waals surface area contributed by atoms with Crippen molar-refractivity contribution in [1.29, 1.82) is 0 Å². The highest BCUT2D eigenvalue weighted by atomic mass is 16.6. The van der Waals surface area contributed by atoms with Crippen molar-refractivity contribution >= 4 is 17.9 Å². The minimum atomic E-state index is -0.824. The molecular formula is C73H122O6. The number of rotatable bonds is 59. The quantitative estimate of drug-likeness (QED) is 0.0261. The molecule has 0 radical (unpaired) electrons. The Kier molecular flexibility index (Phi) is 62.8. The van der Waals surface area contributed by atoms with E-state index in [9.17, 15) is 14.4 Å². The van der Waals surface area contributed by atoms with Crippen LogP contribution in [0.15, 0.2) is 122 Å². The van der Waals surface area contributed by atoms with E-state index in [0.717, 1.165) is 103 Å². The van der Waals surface area contributed by atoms with Crippen molar-refractivity contribution in [2.75, 3.05) is 13.2 Å². The average Bonchev–Trinajstić information content (AvgIpc) is 3.45. The molecule has 0 saturated heterocycles. The van der Waals surface area contributed by atoms with Crippen molar-refractivity contribution in [2.45, 2.75) is 309 Å². The van der Waals surface area contributed by atoms with Crippen LogP contribution in [0, 0.1) is 0 Å². The second kappa shape index (κ2) is 66.3. The Hall–Kier alpha value is -4.19. The Morgan fingerprint density at radius 2 is 0.532 bits per heavy atom. The zero-order chi connectivity index (χ0) is 57.1. The summed E-state index contributed by atoms with van der Waals surface area (Å²) in [5.74, 6) is -1.00. The molecule has 1 atom stereocenters. The SMILES string of the molecule is CC/C=C\C/C=C\C/C=C\C/C=C\C/C=C\C/C=C\CCC(=O)OC(COC(=O)CCCCCCC/C=C\CCCC)COC(=O)CCCCCCCCCCCCCCCCCC/C=C\C/C=C\C/C=C\CCCCCCC. The normalized spacial score (nSPS) is 12.9. The van der Waals surface area contributed by atoms with Crippen LogP contribution in [0.1, 0.15) is 303 Å². The Labute approximate surface area is 488 Å². The van der Waals surface area contributed by atoms with Gasteiger partial charge in [0.05, 0.1) is 0 Å². The summed E-state index contributed by atoms with van der Waals surface area (Å²) in [5.41, 5.74) is 0. The van der Waals surface area contributed by atoms with Gasteiger partial charge in [-0.15, -0.1) is 0 Å². The lowest BCUT2D eigenvalue weighted by atomic mass is 10.0. The topological polar surface area (TPSA) is 78.9 Å². The maximum absolute atomic E-state index is 12.9. The average molecular weight is 1100 g/mol. The summed E-state index contributed by atoms with van der Waals surface area (Å²) in [6, 6.07) is 0. The van der Waals surface area contributed by atoms with E-state index in [4.69, 9.17) is 14.2 Å². The van der Waals surface area contributed by atoms with Crippen LogP contribution in [0.5, 0.6) is 0 Å². The van der Waals surface area contributed by atoms with E-state index in [2.05, 4.69) is 136 Å². The van der Waals surface area contributed by atoms with Crippen molar-refractivity contribution in [3.63, 3.8) is 0 Å². The minimum Gasteiger partial charge on any atom is -0.462 e. The molecule has 0 rings (SSSR count). The fourth-order valence-corrected chi connectivity index (χ4v) is 8.99. The highest BCUT2D eigenvalue weighted by Crippen LogP contribution is 2.16. The number of hydrogen-bond acceptors (Lipinski definition) is 6. The molecule has 0 aliphatic carbocycles. The van der Waals surface area contributed by atoms with Crippen LogP contribution in [0.25, 0.3) is 0 Å². The Balaban J connectivity index is 4.27. The maximum Gasteiger partial charge on any atom is 0.306 e. The highest BCUT2D eigenvalue weighted by molar-refractivity contribution is 5.71. The molecule has 0 aromatic heterocycles. The third-order valence-corrected chi connectivity index (χ3v) is 13.9. The van der Waals surface area contributed by atoms with Gasteiger partial charge in [-0.25, -0.2) is 0 Å². The Morgan fingerprint density at radius 1 is 0.266 bits per heavy atom. The molecule has 0 aromatic rings. The minimum absolute atomic E-state index is 0.112. The third kappa shape index (κ3) is 64.5. The highest BCUT2D eigenvalue weighted by Gasteiger charge is 2.19. The standard InChI is InChI=1S/C73H122O6/c1-4-7-10-13-16-19-22-24-26-28-30-31-32-33-34-35-36-37-38-39-40-41-43-44-46-48-51-54-57-60-63-66-72(75)78-69-70(68-77-71(74)65-62-59-56-53-50-21-18-15-12-9-6-3)79-73(76)67-64-61-58-55-52-49-47-45-42-29-27-25-23-20-17-14-11-8-5-2/h8,11,15,17-18,20,22,24-25,27-28,30,32-33,42,45,49,52,58,61,70H,4-7,9-10,12-14,16,19,21,23,26,29,31,34-41,43-44,46-48,50-51,53-57,59-60,62-69H2,1-3H3/b11-8-,18-15-,20-17-,24-22-,27-25-,30-28-,33-32-,45-42-,52-49-,61-58-. The maximum atomic E-state index is 12.9. The van der Waals surface area contributed by atoms with Crippen LogP contribution in [0.3, 0.4) is 0 Å². The predicted molar refractivity (Wildman–Crippen MR) is 343 cm³/mol. The molecule has 0 heterocycles. The van der Waals surface area contributed by atoms with Crippen LogP contribution in [-0.4, -0.2) is 37.2 Å². The van der Waals surface area contributed by atoms with E-state index < -0.39 is 12.1 Å². The summed E-state index contributed by atoms with van der Waals surface area (Å²) < 4.78 is 16.8. The van der Waals surface area contributed by atoms with Crippen molar-refractivity contribution in [1.82, 2.24) is 0 Å². The van der Waals surface area contributed by atoms with Gasteiger partial charge in [0.15, 0.2) is 6.10 Å². The van der Waals surface area contributed by atoms with Gasteiger partial charge >= 0.3 is 17.9 Å². The summed E-state index contributed by atoms with van der Waals surface area (Å²) in [6.07, 6.45) is 92.4. The number of unbranched alkanes of at least 4 members (excludes halogenated alkanes) is 28. The van der Waals surface area contributed by atoms with E-state index in [-0.39, 0.29) is 31.6 Å². The van der Waals surface area contributed by atoms with Gasteiger partial charge in [-0.3, -0.25) is 14.4 Å². The zero-order valence-corrected chi connectivity index (χ0v) is 51.6. The molecule has 6 heteroatoms. The van der Waals surface area contributed by atoms with Crippen molar-refractivity contribution in [3.05, 3.63) is 122 Å². The molecular weight excluding hydrogens is 973 g/mol. The molecule has 0 bridgehead atoms. The molecule has 79 heavy (non-hydrogen) atoms. The Morgan fingerprint density at radius 3 is 0.873 bits per heavy atom. The number of hydrogen-bond donors (Lipinski definition) is 0. The van der Waals surface area contributed by atoms with E-state index in [1.807, 2.05) is 6.08 Å². The molecule has 0 fully saturated rings. The molecule has 0 saturated carbocycles. The van der Waals surface area contributed by atoms with Gasteiger partial charge in [0, 0.05) is 19.3 Å². The lowest BCUT2D eigenvalue weighted by Gasteiger charge is -2.18. The lowest BCUT2D eigenvalue weighted by molar-refractivity contribution is -0.166. The molecule has 0 N–H and O–H groups in total. The second-order valence-corrected chi connectivity index (χ2v) is 21.6. The molecule has 0 aliphatic rings. The van der Waals surface area contributed by atoms with E-state index in [0.29, 0.717) is 19.3 Å². The van der Waals surface area contributed by atoms with E-state index in [1.54, 1.807) is 0 Å². The van der Waals surface area contributed by atoms with Gasteiger partial charge < -0.3 is 14.2 Å². The van der Waals surface area contributed by atoms with Crippen LogP contribution in [0.4, 0.5) is 0 Å². The number of carbonyl (C=O) groups excluding carboxylic acids is 3. The van der Waals surface area contributed by atoms with Crippen LogP contribution in [-0.2, 0) is 28.6 Å². The Bertz CT molecular complexity index is 1640. The molecule has 6 nitrogen and oxygen atoms in total. The zero-order valence-electron chi connectivity index (χ0n) is 51.6. The first-order valence-corrected chi connectivity index (χ1v) is 33.0. The van der Waals surface area contributed by atoms with Gasteiger partial charge in [-0.1, -0.05) is 290 Å². The first-order chi connectivity index (χ1) is 39.0. The monoisotopic (exact) mass is 1090 g/mol. The summed E-state index contributed by atoms with van der Waals surface area (Å²) in [5, 5.41) is 0. The smallest absolute Gasteiger partial charge is 0.306 e. The summed E-state index contributed by atoms with van der Waals surface area (Å²) in [7, 11) is 0. The van der Waals surface area contributed by atoms with Crippen molar-refractivity contribution < 1.29 is 28.6 Å². The van der Waals surface area contributed by atoms with E-state index >= 15 is 0 Å². The lowest BCUT2D eigenvalue weighted by Crippen LogP contribution is -2.30. The van der Waals surface area contributed by atoms with Gasteiger partial charge in [0.1, 0.15) is 13.2 Å².